The van der Waals surface area contributed by atoms with Crippen LogP contribution in [0.5, 0.6) is 0 Å². The number of carbonyl (C=O) groups excluding carboxylic acids is 2. The largest absolute Gasteiger partial charge is 0.345 e. The molecule has 0 aliphatic heterocycles. The third-order valence-electron chi connectivity index (χ3n) is 3.10. The maximum absolute atomic E-state index is 11.8. The highest BCUT2D eigenvalue weighted by Crippen LogP contribution is 2.15. The predicted molar refractivity (Wildman–Crippen MR) is 83.5 cm³/mol. The van der Waals surface area contributed by atoms with Crippen molar-refractivity contribution in [3.05, 3.63) is 47.8 Å². The van der Waals surface area contributed by atoms with E-state index in [0.717, 1.165) is 0 Å². The Hall–Kier alpha value is -2.76. The summed E-state index contributed by atoms with van der Waals surface area (Å²) in [5.41, 5.74) is 2.35. The van der Waals surface area contributed by atoms with Gasteiger partial charge in [0.2, 0.25) is 0 Å². The van der Waals surface area contributed by atoms with Crippen LogP contribution in [-0.4, -0.2) is 59.8 Å². The molecule has 6 heteroatoms. The van der Waals surface area contributed by atoms with Crippen LogP contribution in [-0.2, 0) is 0 Å². The molecular weight excluding hydrogens is 280 g/mol. The molecule has 2 heterocycles. The quantitative estimate of drug-likeness (QED) is 0.862. The first-order valence-electron chi connectivity index (χ1n) is 6.76. The van der Waals surface area contributed by atoms with Crippen LogP contribution in [0.1, 0.15) is 20.7 Å². The molecule has 2 rings (SSSR count). The maximum atomic E-state index is 11.8. The molecule has 0 radical (unpaired) electrons. The summed E-state index contributed by atoms with van der Waals surface area (Å²) in [6, 6.07) is 6.91. The van der Waals surface area contributed by atoms with E-state index in [1.807, 2.05) is 0 Å². The van der Waals surface area contributed by atoms with E-state index in [4.69, 9.17) is 0 Å². The summed E-state index contributed by atoms with van der Waals surface area (Å²) < 4.78 is 0. The second kappa shape index (κ2) is 6.34. The van der Waals surface area contributed by atoms with Crippen LogP contribution in [0, 0.1) is 0 Å². The molecule has 0 fully saturated rings. The minimum absolute atomic E-state index is 0.0982. The molecule has 22 heavy (non-hydrogen) atoms. The lowest BCUT2D eigenvalue weighted by Gasteiger charge is -2.11. The van der Waals surface area contributed by atoms with E-state index in [2.05, 4.69) is 9.97 Å². The van der Waals surface area contributed by atoms with Gasteiger partial charge in [-0.05, 0) is 24.3 Å². The van der Waals surface area contributed by atoms with Gasteiger partial charge in [-0.2, -0.15) is 0 Å². The van der Waals surface area contributed by atoms with Crippen molar-refractivity contribution in [1.82, 2.24) is 19.8 Å². The fourth-order valence-electron chi connectivity index (χ4n) is 1.86. The fraction of sp³-hybridized carbons (Fsp3) is 0.250. The molecule has 0 atom stereocenters. The van der Waals surface area contributed by atoms with Gasteiger partial charge in [0.15, 0.2) is 0 Å². The third-order valence-corrected chi connectivity index (χ3v) is 3.10. The van der Waals surface area contributed by atoms with Gasteiger partial charge in [-0.25, -0.2) is 0 Å². The number of nitrogens with zero attached hydrogens (tertiary/aromatic N) is 4. The van der Waals surface area contributed by atoms with E-state index in [1.165, 1.54) is 22.2 Å². The van der Waals surface area contributed by atoms with Crippen LogP contribution in [0.2, 0.25) is 0 Å². The van der Waals surface area contributed by atoms with E-state index in [0.29, 0.717) is 22.5 Å². The second-order valence-corrected chi connectivity index (χ2v) is 5.26. The molecule has 0 aromatic carbocycles. The third kappa shape index (κ3) is 3.28. The molecule has 0 spiro atoms. The molecular formula is C16H18N4O2. The Kier molecular flexibility index (Phi) is 4.50. The zero-order valence-electron chi connectivity index (χ0n) is 13.1. The Morgan fingerprint density at radius 1 is 0.727 bits per heavy atom. The van der Waals surface area contributed by atoms with Gasteiger partial charge in [0.25, 0.3) is 11.8 Å². The number of rotatable bonds is 3. The van der Waals surface area contributed by atoms with Gasteiger partial charge in [-0.1, -0.05) is 0 Å². The number of hydrogen-bond donors (Lipinski definition) is 0. The van der Waals surface area contributed by atoms with Crippen LogP contribution in [0.3, 0.4) is 0 Å². The number of pyridine rings is 2. The van der Waals surface area contributed by atoms with Gasteiger partial charge >= 0.3 is 0 Å². The standard InChI is InChI=1S/C16H18N4O2/c1-19(2)15(21)11-5-7-13(17-9-11)14-8-6-12(10-18-14)16(22)20(3)4/h5-10H,1-4H3. The molecule has 0 saturated heterocycles. The Labute approximate surface area is 129 Å². The lowest BCUT2D eigenvalue weighted by Crippen LogP contribution is -2.22. The molecule has 0 N–H and O–H groups in total. The minimum Gasteiger partial charge on any atom is -0.345 e. The first-order valence-corrected chi connectivity index (χ1v) is 6.76. The predicted octanol–water partition coefficient (Wildman–Crippen LogP) is 1.55. The van der Waals surface area contributed by atoms with Gasteiger partial charge < -0.3 is 9.80 Å². The van der Waals surface area contributed by atoms with E-state index in [-0.39, 0.29) is 11.8 Å². The summed E-state index contributed by atoms with van der Waals surface area (Å²) in [4.78, 5) is 35.1. The fourth-order valence-corrected chi connectivity index (χ4v) is 1.86. The van der Waals surface area contributed by atoms with Crippen molar-refractivity contribution in [3.63, 3.8) is 0 Å². The number of carbonyl (C=O) groups is 2. The number of amides is 2. The summed E-state index contributed by atoms with van der Waals surface area (Å²) in [5, 5.41) is 0. The molecule has 0 unspecified atom stereocenters. The number of hydrogen-bond acceptors (Lipinski definition) is 4. The van der Waals surface area contributed by atoms with Crippen LogP contribution < -0.4 is 0 Å². The second-order valence-electron chi connectivity index (χ2n) is 5.26. The van der Waals surface area contributed by atoms with E-state index in [9.17, 15) is 9.59 Å². The highest BCUT2D eigenvalue weighted by atomic mass is 16.2. The molecule has 0 saturated carbocycles. The molecule has 6 nitrogen and oxygen atoms in total. The van der Waals surface area contributed by atoms with Crippen molar-refractivity contribution in [1.29, 1.82) is 0 Å². The van der Waals surface area contributed by atoms with Gasteiger partial charge in [-0.3, -0.25) is 19.6 Å². The van der Waals surface area contributed by atoms with Gasteiger partial charge in [0.05, 0.1) is 22.5 Å². The molecule has 0 bridgehead atoms. The molecule has 0 aliphatic carbocycles. The maximum Gasteiger partial charge on any atom is 0.254 e. The van der Waals surface area contributed by atoms with E-state index >= 15 is 0 Å². The van der Waals surface area contributed by atoms with Gasteiger partial charge in [0, 0.05) is 40.6 Å². The van der Waals surface area contributed by atoms with Crippen molar-refractivity contribution < 1.29 is 9.59 Å². The van der Waals surface area contributed by atoms with Crippen molar-refractivity contribution >= 4 is 11.8 Å². The Bertz CT molecular complexity index is 615. The smallest absolute Gasteiger partial charge is 0.254 e. The molecule has 114 valence electrons. The highest BCUT2D eigenvalue weighted by molar-refractivity contribution is 5.94. The van der Waals surface area contributed by atoms with Crippen LogP contribution in [0.4, 0.5) is 0 Å². The summed E-state index contributed by atoms with van der Waals surface area (Å²) >= 11 is 0. The van der Waals surface area contributed by atoms with Gasteiger partial charge in [0.1, 0.15) is 0 Å². The van der Waals surface area contributed by atoms with Crippen molar-refractivity contribution in [3.8, 4) is 11.4 Å². The molecule has 0 aliphatic rings. The summed E-state index contributed by atoms with van der Waals surface area (Å²) in [6.07, 6.45) is 3.05. The number of aromatic nitrogens is 2. The summed E-state index contributed by atoms with van der Waals surface area (Å²) in [5.74, 6) is -0.196. The average molecular weight is 298 g/mol. The Morgan fingerprint density at radius 3 is 1.32 bits per heavy atom. The monoisotopic (exact) mass is 298 g/mol. The summed E-state index contributed by atoms with van der Waals surface area (Å²) in [6.45, 7) is 0. The lowest BCUT2D eigenvalue weighted by atomic mass is 10.1. The first kappa shape index (κ1) is 15.6. The zero-order valence-corrected chi connectivity index (χ0v) is 13.1. The average Bonchev–Trinajstić information content (AvgIpc) is 2.53. The minimum atomic E-state index is -0.0982. The van der Waals surface area contributed by atoms with Crippen LogP contribution in [0.15, 0.2) is 36.7 Å². The van der Waals surface area contributed by atoms with Crippen molar-refractivity contribution in [2.75, 3.05) is 28.2 Å². The van der Waals surface area contributed by atoms with Gasteiger partial charge in [-0.15, -0.1) is 0 Å². The first-order chi connectivity index (χ1) is 10.4. The van der Waals surface area contributed by atoms with E-state index in [1.54, 1.807) is 52.5 Å². The highest BCUT2D eigenvalue weighted by Gasteiger charge is 2.11. The van der Waals surface area contributed by atoms with E-state index < -0.39 is 0 Å². The summed E-state index contributed by atoms with van der Waals surface area (Å²) in [7, 11) is 6.77. The van der Waals surface area contributed by atoms with Crippen molar-refractivity contribution in [2.24, 2.45) is 0 Å². The van der Waals surface area contributed by atoms with Crippen LogP contribution >= 0.6 is 0 Å². The Balaban J connectivity index is 2.22. The molecule has 2 aromatic rings. The normalized spacial score (nSPS) is 10.2. The van der Waals surface area contributed by atoms with Crippen molar-refractivity contribution in [2.45, 2.75) is 0 Å². The Morgan fingerprint density at radius 2 is 1.09 bits per heavy atom. The zero-order chi connectivity index (χ0) is 16.3. The lowest BCUT2D eigenvalue weighted by molar-refractivity contribution is 0.0820. The SMILES string of the molecule is CN(C)C(=O)c1ccc(-c2ccc(C(=O)N(C)C)cn2)nc1. The van der Waals surface area contributed by atoms with Crippen LogP contribution in [0.25, 0.3) is 11.4 Å². The molecule has 2 aromatic heterocycles. The molecule has 2 amide bonds. The topological polar surface area (TPSA) is 66.4 Å².